The van der Waals surface area contributed by atoms with E-state index < -0.39 is 364 Å². The van der Waals surface area contributed by atoms with Gasteiger partial charge in [-0.25, -0.2) is 14.4 Å². The first-order valence-electron chi connectivity index (χ1n) is 35.1. The van der Waals surface area contributed by atoms with Crippen molar-refractivity contribution >= 4 is 29.7 Å². The highest BCUT2D eigenvalue weighted by Gasteiger charge is 2.66. The number of hydrogen-bond donors (Lipinski definition) is 32. The van der Waals surface area contributed by atoms with E-state index in [-0.39, 0.29) is 0 Å². The number of carbonyl (C=O) groups excluding carboxylic acids is 2. The first-order chi connectivity index (χ1) is 53.0. The Balaban J connectivity index is 1.25. The maximum Gasteiger partial charge on any atom is 0.364 e. The van der Waals surface area contributed by atoms with Gasteiger partial charge in [0.1, 0.15) is 189 Å². The highest BCUT2D eigenvalue weighted by Crippen LogP contribution is 2.45. The summed E-state index contributed by atoms with van der Waals surface area (Å²) < 4.78 is 87.8. The Morgan fingerprint density at radius 2 is 0.796 bits per heavy atom. The number of carboxylic acid groups (broad SMARTS) is 3. The molecule has 0 radical (unpaired) electrons. The third-order valence-electron chi connectivity index (χ3n) is 20.3. The summed E-state index contributed by atoms with van der Waals surface area (Å²) in [7, 11) is 0. The lowest BCUT2D eigenvalue weighted by Gasteiger charge is -2.53. The number of carbonyl (C=O) groups is 5. The quantitative estimate of drug-likeness (QED) is 0.0290. The molecule has 43 atom stereocenters. The Morgan fingerprint density at radius 1 is 0.372 bits per heavy atom. The van der Waals surface area contributed by atoms with Gasteiger partial charge < -0.3 is 235 Å². The van der Waals surface area contributed by atoms with E-state index in [0.29, 0.717) is 0 Å². The molecule has 8 heterocycles. The summed E-state index contributed by atoms with van der Waals surface area (Å²) in [6.45, 7) is -9.17. The highest BCUT2D eigenvalue weighted by molar-refractivity contribution is 5.78. The molecule has 8 fully saturated rings. The molecule has 0 aromatic carbocycles. The normalized spacial score (nSPS) is 46.2. The number of nitrogens with one attached hydrogen (secondary N) is 2. The molecule has 52 heteroatoms. The average molecular weight is 1660 g/mol. The van der Waals surface area contributed by atoms with Gasteiger partial charge in [-0.2, -0.15) is 0 Å². The molecule has 8 saturated heterocycles. The summed E-state index contributed by atoms with van der Waals surface area (Å²) in [4.78, 5) is 65.1. The Morgan fingerprint density at radius 3 is 1.34 bits per heavy atom. The minimum absolute atomic E-state index is 0.886. The third kappa shape index (κ3) is 19.9. The minimum atomic E-state index is -3.69. The van der Waals surface area contributed by atoms with E-state index in [1.807, 2.05) is 0 Å². The van der Waals surface area contributed by atoms with Crippen LogP contribution >= 0.6 is 0 Å². The van der Waals surface area contributed by atoms with Crippen LogP contribution in [0.15, 0.2) is 0 Å². The molecule has 0 bridgehead atoms. The summed E-state index contributed by atoms with van der Waals surface area (Å²) in [5.41, 5.74) is 0. The lowest BCUT2D eigenvalue weighted by atomic mass is 9.88. The molecule has 0 saturated carbocycles. The number of aliphatic hydroxyl groups excluding tert-OH is 26. The fraction of sp³-hybridized carbons (Fsp3) is 0.918. The summed E-state index contributed by atoms with van der Waals surface area (Å²) in [5, 5.41) is 337. The van der Waals surface area contributed by atoms with Gasteiger partial charge in [-0.3, -0.25) is 9.59 Å². The van der Waals surface area contributed by atoms with Crippen LogP contribution < -0.4 is 10.6 Å². The number of rotatable bonds is 33. The van der Waals surface area contributed by atoms with E-state index in [0.717, 1.165) is 13.8 Å². The first-order valence-corrected chi connectivity index (χ1v) is 35.1. The van der Waals surface area contributed by atoms with Crippen LogP contribution in [0.5, 0.6) is 0 Å². The standard InChI is InChI=1S/C61H100N2O50/c1-14(72)62-27-16(74)3-61(58(96)97,112-46(27)30(82)18(76)6-64)113-49-39(91)53(101-26(13-71)45(49)104-51-28(63-15(2)73)33(85)31(83)24(11-69)99-51)106-47-36(88)40(19(77)7-65)102-54(37(47)89)107-48-38(90)55(103-42(21(79)9-67)50(48)108-52-35(87)34(86)32(84)25(12-70)100-52)105-44-23(5-59(98,56(92)93)110-43(44)22(80)10-68)109-60(57(94)95)4-17(75)29(81)41(111-60)20(78)8-66/h16-55,64-71,74-91,98H,3-13H2,1-2H3,(H,62,72)(H,63,73)(H,92,93)(H,94,95)(H,96,97)/t16-,17+,18+,19-,20+,21-,22+,23+,24+,25+,26+,27+,28+,29+,30+,31-,32+,33+,34-,35+,36+,37-,38-,39+,40+,41+,42+,43+,44+,45-,46+,47-,48+,49+,50+,51-,52-,53-,54+,55+,59+,60+,61-/m0/s1. The number of amides is 2. The van der Waals surface area contributed by atoms with Gasteiger partial charge in [-0.1, -0.05) is 0 Å². The predicted octanol–water partition coefficient (Wildman–Crippen LogP) is -20.5. The summed E-state index contributed by atoms with van der Waals surface area (Å²) in [5.74, 6) is -19.7. The number of carboxylic acids is 3. The molecule has 113 heavy (non-hydrogen) atoms. The maximum absolute atomic E-state index is 13.8. The van der Waals surface area contributed by atoms with Crippen molar-refractivity contribution in [3.8, 4) is 0 Å². The summed E-state index contributed by atoms with van der Waals surface area (Å²) >= 11 is 0. The zero-order chi connectivity index (χ0) is 84.3. The largest absolute Gasteiger partial charge is 0.477 e. The van der Waals surface area contributed by atoms with Crippen molar-refractivity contribution in [2.45, 2.75) is 295 Å². The van der Waals surface area contributed by atoms with Gasteiger partial charge in [0.2, 0.25) is 11.8 Å². The van der Waals surface area contributed by atoms with Crippen LogP contribution in [0.4, 0.5) is 0 Å². The zero-order valence-electron chi connectivity index (χ0n) is 59.5. The van der Waals surface area contributed by atoms with Gasteiger partial charge in [-0.05, 0) is 0 Å². The van der Waals surface area contributed by atoms with Gasteiger partial charge in [-0.15, -0.1) is 0 Å². The number of aliphatic hydroxyl groups is 27. The van der Waals surface area contributed by atoms with Gasteiger partial charge in [0.05, 0.1) is 77.2 Å². The minimum Gasteiger partial charge on any atom is -0.477 e. The topological polar surface area (TPSA) is 855 Å². The second-order valence-corrected chi connectivity index (χ2v) is 28.2. The molecule has 2 amide bonds. The van der Waals surface area contributed by atoms with Crippen LogP contribution in [0, 0.1) is 0 Å². The predicted molar refractivity (Wildman–Crippen MR) is 339 cm³/mol. The Kier molecular flexibility index (Phi) is 32.7. The van der Waals surface area contributed by atoms with E-state index in [9.17, 15) is 177 Å². The maximum atomic E-state index is 13.8. The fourth-order valence-corrected chi connectivity index (χ4v) is 14.3. The van der Waals surface area contributed by atoms with Crippen molar-refractivity contribution in [1.29, 1.82) is 0 Å². The average Bonchev–Trinajstić information content (AvgIpc) is 0.756. The van der Waals surface area contributed by atoms with Gasteiger partial charge in [0.25, 0.3) is 17.4 Å². The first kappa shape index (κ1) is 94.2. The van der Waals surface area contributed by atoms with E-state index in [1.165, 1.54) is 0 Å². The molecule has 8 rings (SSSR count). The molecule has 0 aliphatic carbocycles. The van der Waals surface area contributed by atoms with Crippen molar-refractivity contribution in [3.63, 3.8) is 0 Å². The molecule has 52 nitrogen and oxygen atoms in total. The lowest BCUT2D eigenvalue weighted by molar-refractivity contribution is -0.419. The van der Waals surface area contributed by atoms with Crippen molar-refractivity contribution in [3.05, 3.63) is 0 Å². The SMILES string of the molecule is CC(=O)N[C@H]1[C@H](O[C@@H]2[C@H](O[C@]3(C(=O)O)C[C@H](O)[C@@H](NC(C)=O)[C@H]([C@H](O)[C@H](O)CO)O3)[C@@H](O)[C@H](O[C@@H]3[C@H](O)[C@@H](O[C@@H]4[C@H](O)[C@@H](O[C@H]5[C@@H]([C@H](O)CO)O[C@@](O)(C(=O)O)C[C@H]5O[C@]5(C(=O)O)C[C@@H](O)[C@@H](O)[C@@H]([C@H](O)CO)O5)O[C@H]([C@@H](O)CO)[C@H]4O[C@@H]4O[C@H](CO)[C@@H](O)[C@H](O)[C@H]4O)O[C@H]([C@@H](O)CO)[C@H]3O)O[C@@H]2CO)O[C@H](CO)[C@H](O)[C@@H]1O. The molecule has 8 aliphatic heterocycles. The Labute approximate surface area is 635 Å². The Hall–Kier alpha value is -4.33. The fourth-order valence-electron chi connectivity index (χ4n) is 14.3. The summed E-state index contributed by atoms with van der Waals surface area (Å²) in [6.07, 6.45) is -98.7. The smallest absolute Gasteiger partial charge is 0.364 e. The highest BCUT2D eigenvalue weighted by atomic mass is 16.8. The van der Waals surface area contributed by atoms with Crippen LogP contribution in [0.2, 0.25) is 0 Å². The van der Waals surface area contributed by atoms with E-state index in [1.54, 1.807) is 0 Å². The van der Waals surface area contributed by atoms with Crippen molar-refractivity contribution in [2.75, 3.05) is 52.9 Å². The molecule has 0 aromatic rings. The number of hydrogen-bond acceptors (Lipinski definition) is 47. The van der Waals surface area contributed by atoms with Gasteiger partial charge in [0.15, 0.2) is 31.5 Å². The molecular weight excluding hydrogens is 1560 g/mol. The third-order valence-corrected chi connectivity index (χ3v) is 20.3. The van der Waals surface area contributed by atoms with Crippen LogP contribution in [0.25, 0.3) is 0 Å². The number of ether oxygens (including phenoxy) is 15. The number of aliphatic carboxylic acids is 3. The van der Waals surface area contributed by atoms with E-state index in [2.05, 4.69) is 10.6 Å². The Bertz CT molecular complexity index is 3090. The zero-order valence-corrected chi connectivity index (χ0v) is 59.5. The van der Waals surface area contributed by atoms with Crippen LogP contribution in [-0.4, -0.2) is 498 Å². The lowest BCUT2D eigenvalue weighted by Crippen LogP contribution is -2.72. The molecular formula is C61H100N2O50. The molecule has 0 spiro atoms. The molecule has 32 N–H and O–H groups in total. The van der Waals surface area contributed by atoms with E-state index >= 15 is 0 Å². The molecule has 654 valence electrons. The van der Waals surface area contributed by atoms with Crippen LogP contribution in [0.1, 0.15) is 33.1 Å². The molecule has 0 unspecified atom stereocenters. The second kappa shape index (κ2) is 39.3. The second-order valence-electron chi connectivity index (χ2n) is 28.2. The van der Waals surface area contributed by atoms with Gasteiger partial charge >= 0.3 is 17.9 Å². The van der Waals surface area contributed by atoms with Crippen molar-refractivity contribution in [2.24, 2.45) is 0 Å². The van der Waals surface area contributed by atoms with Gasteiger partial charge in [0, 0.05) is 33.1 Å². The van der Waals surface area contributed by atoms with Crippen LogP contribution in [-0.2, 0) is 95.0 Å². The monoisotopic (exact) mass is 1660 g/mol. The molecule has 8 aliphatic rings. The summed E-state index contributed by atoms with van der Waals surface area (Å²) in [6, 6.07) is -3.87. The van der Waals surface area contributed by atoms with Crippen LogP contribution in [0.3, 0.4) is 0 Å². The van der Waals surface area contributed by atoms with Crippen molar-refractivity contribution < 1.29 is 248 Å². The van der Waals surface area contributed by atoms with E-state index in [4.69, 9.17) is 71.1 Å². The molecule has 0 aromatic heterocycles. The van der Waals surface area contributed by atoms with Crippen molar-refractivity contribution in [1.82, 2.24) is 10.6 Å².